The van der Waals surface area contributed by atoms with Gasteiger partial charge in [0, 0.05) is 11.1 Å². The van der Waals surface area contributed by atoms with Crippen molar-refractivity contribution in [2.45, 2.75) is 18.4 Å². The molecule has 0 unspecified atom stereocenters. The summed E-state index contributed by atoms with van der Waals surface area (Å²) in [4.78, 5) is 18.5. The first-order valence-corrected chi connectivity index (χ1v) is 11.9. The van der Waals surface area contributed by atoms with Crippen molar-refractivity contribution in [3.05, 3.63) is 67.7 Å². The van der Waals surface area contributed by atoms with Crippen molar-refractivity contribution in [2.75, 3.05) is 5.32 Å². The van der Waals surface area contributed by atoms with E-state index in [2.05, 4.69) is 14.7 Å². The number of pyridine rings is 1. The van der Waals surface area contributed by atoms with Crippen molar-refractivity contribution in [3.8, 4) is 5.75 Å². The molecule has 2 N–H and O–H groups in total. The van der Waals surface area contributed by atoms with Crippen LogP contribution in [0.1, 0.15) is 15.4 Å². The van der Waals surface area contributed by atoms with Crippen molar-refractivity contribution in [3.63, 3.8) is 0 Å². The molecule has 152 valence electrons. The van der Waals surface area contributed by atoms with Crippen LogP contribution in [0.3, 0.4) is 0 Å². The highest BCUT2D eigenvalue weighted by Crippen LogP contribution is 2.34. The average Bonchev–Trinajstić information content (AvgIpc) is 3.34. The number of nitrogens with zero attached hydrogens (tertiary/aromatic N) is 3. The van der Waals surface area contributed by atoms with Crippen LogP contribution in [0.4, 0.5) is 5.69 Å². The van der Waals surface area contributed by atoms with Gasteiger partial charge in [0.2, 0.25) is 0 Å². The van der Waals surface area contributed by atoms with E-state index in [1.54, 1.807) is 35.8 Å². The number of sulfonamides is 1. The molecule has 0 aliphatic carbocycles. The van der Waals surface area contributed by atoms with Crippen LogP contribution in [0, 0.1) is 6.92 Å². The minimum atomic E-state index is -4.02. The summed E-state index contributed by atoms with van der Waals surface area (Å²) >= 11 is 2.73. The van der Waals surface area contributed by atoms with Gasteiger partial charge in [-0.25, -0.2) is 4.98 Å². The van der Waals surface area contributed by atoms with Gasteiger partial charge in [0.25, 0.3) is 15.6 Å². The van der Waals surface area contributed by atoms with E-state index in [4.69, 9.17) is 0 Å². The topological polar surface area (TPSA) is 114 Å². The normalized spacial score (nSPS) is 14.9. The van der Waals surface area contributed by atoms with Gasteiger partial charge < -0.3 is 15.0 Å². The molecule has 11 heteroatoms. The smallest absolute Gasteiger partial charge is 0.286 e. The zero-order valence-corrected chi connectivity index (χ0v) is 17.9. The zero-order valence-electron chi connectivity index (χ0n) is 15.5. The summed E-state index contributed by atoms with van der Waals surface area (Å²) in [6.07, 6.45) is 1.70. The van der Waals surface area contributed by atoms with E-state index >= 15 is 0 Å². The van der Waals surface area contributed by atoms with Gasteiger partial charge in [-0.15, -0.1) is 27.1 Å². The molecule has 1 aliphatic heterocycles. The van der Waals surface area contributed by atoms with E-state index in [9.17, 15) is 18.3 Å². The Labute approximate surface area is 178 Å². The first-order chi connectivity index (χ1) is 14.3. The molecular weight excluding hydrogens is 444 g/mol. The molecule has 0 atom stereocenters. The number of rotatable bonds is 3. The van der Waals surface area contributed by atoms with Gasteiger partial charge in [0.1, 0.15) is 10.5 Å². The molecule has 3 aromatic heterocycles. The summed E-state index contributed by atoms with van der Waals surface area (Å²) in [7, 11) is -4.02. The second-order valence-corrected chi connectivity index (χ2v) is 10.4. The molecule has 0 radical (unpaired) electrons. The van der Waals surface area contributed by atoms with Crippen molar-refractivity contribution < 1.29 is 13.5 Å². The number of benzene rings is 1. The fraction of sp³-hybridized carbons (Fsp3) is 0.105. The molecule has 1 aromatic carbocycles. The third-order valence-corrected chi connectivity index (χ3v) is 7.84. The van der Waals surface area contributed by atoms with Crippen molar-refractivity contribution in [2.24, 2.45) is 4.40 Å². The Morgan fingerprint density at radius 1 is 1.23 bits per heavy atom. The Balaban J connectivity index is 1.75. The second-order valence-electron chi connectivity index (χ2n) is 6.63. The molecule has 30 heavy (non-hydrogen) atoms. The van der Waals surface area contributed by atoms with Crippen molar-refractivity contribution in [1.82, 2.24) is 9.55 Å². The lowest BCUT2D eigenvalue weighted by atomic mass is 10.2. The molecule has 5 rings (SSSR count). The number of fused-ring (bicyclic) bond motifs is 2. The van der Waals surface area contributed by atoms with Crippen LogP contribution in [0.25, 0.3) is 10.2 Å². The van der Waals surface area contributed by atoms with Gasteiger partial charge in [-0.2, -0.15) is 8.42 Å². The van der Waals surface area contributed by atoms with Crippen LogP contribution in [0.5, 0.6) is 5.75 Å². The van der Waals surface area contributed by atoms with Gasteiger partial charge in [0.15, 0.2) is 11.6 Å². The van der Waals surface area contributed by atoms with Gasteiger partial charge in [0.05, 0.1) is 27.5 Å². The monoisotopic (exact) mass is 458 g/mol. The molecule has 0 saturated heterocycles. The molecule has 0 amide bonds. The Morgan fingerprint density at radius 2 is 2.03 bits per heavy atom. The lowest BCUT2D eigenvalue weighted by molar-refractivity contribution is 0.479. The molecule has 0 fully saturated rings. The van der Waals surface area contributed by atoms with Crippen LogP contribution in [0.2, 0.25) is 0 Å². The van der Waals surface area contributed by atoms with E-state index in [1.165, 1.54) is 33.3 Å². The maximum atomic E-state index is 13.4. The second kappa shape index (κ2) is 6.76. The number of nitrogens with one attached hydrogen (secondary N) is 1. The summed E-state index contributed by atoms with van der Waals surface area (Å²) in [5.74, 6) is -0.483. The van der Waals surface area contributed by atoms with Gasteiger partial charge in [-0.1, -0.05) is 12.1 Å². The number of para-hydroxylation sites is 1. The number of thiazole rings is 1. The van der Waals surface area contributed by atoms with E-state index in [-0.39, 0.29) is 28.6 Å². The molecule has 0 bridgehead atoms. The first-order valence-electron chi connectivity index (χ1n) is 8.81. The highest BCUT2D eigenvalue weighted by Gasteiger charge is 2.30. The number of aryl methyl sites for hydroxylation is 1. The SMILES string of the molecule is Cc1ncc(Cn2c(=O)c(C3=NS(=O)(=O)c4ccccc4N3)c(O)c3sccc32)s1. The molecular formula is C19H14N4O4S3. The van der Waals surface area contributed by atoms with Gasteiger partial charge in [-0.05, 0) is 30.5 Å². The third kappa shape index (κ3) is 2.93. The number of hydrogen-bond acceptors (Lipinski definition) is 8. The Hall–Kier alpha value is -3.02. The molecule has 0 saturated carbocycles. The molecule has 4 heterocycles. The molecule has 1 aliphatic rings. The number of amidine groups is 1. The lowest BCUT2D eigenvalue weighted by Crippen LogP contribution is -2.32. The van der Waals surface area contributed by atoms with Crippen LogP contribution >= 0.6 is 22.7 Å². The predicted octanol–water partition coefficient (Wildman–Crippen LogP) is 3.14. The van der Waals surface area contributed by atoms with Crippen LogP contribution in [0.15, 0.2) is 56.0 Å². The minimum absolute atomic E-state index is 0.0194. The van der Waals surface area contributed by atoms with E-state index in [1.807, 2.05) is 6.92 Å². The summed E-state index contributed by atoms with van der Waals surface area (Å²) in [6, 6.07) is 8.04. The van der Waals surface area contributed by atoms with Crippen LogP contribution < -0.4 is 10.9 Å². The Morgan fingerprint density at radius 3 is 2.80 bits per heavy atom. The van der Waals surface area contributed by atoms with Gasteiger partial charge in [-0.3, -0.25) is 4.79 Å². The standard InChI is InChI=1S/C19H14N4O4S3/c1-10-20-8-11(29-10)9-23-13-6-7-28-17(13)16(24)15(19(23)25)18-21-12-4-2-3-5-14(12)30(26,27)22-18/h2-8,24H,9H2,1H3,(H,21,22). The fourth-order valence-electron chi connectivity index (χ4n) is 3.38. The minimum Gasteiger partial charge on any atom is -0.505 e. The maximum Gasteiger partial charge on any atom is 0.286 e. The highest BCUT2D eigenvalue weighted by atomic mass is 32.2. The van der Waals surface area contributed by atoms with Crippen molar-refractivity contribution >= 4 is 54.4 Å². The van der Waals surface area contributed by atoms with E-state index < -0.39 is 15.6 Å². The molecule has 4 aromatic rings. The molecule has 8 nitrogen and oxygen atoms in total. The quantitative estimate of drug-likeness (QED) is 0.488. The van der Waals surface area contributed by atoms with E-state index in [0.717, 1.165) is 9.88 Å². The predicted molar refractivity (Wildman–Crippen MR) is 117 cm³/mol. The Bertz CT molecular complexity index is 1510. The summed E-state index contributed by atoms with van der Waals surface area (Å²) < 4.78 is 31.1. The van der Waals surface area contributed by atoms with Crippen LogP contribution in [-0.4, -0.2) is 28.9 Å². The van der Waals surface area contributed by atoms with Crippen LogP contribution in [-0.2, 0) is 16.6 Å². The number of anilines is 1. The fourth-order valence-corrected chi connectivity index (χ4v) is 6.13. The number of hydrogen-bond donors (Lipinski definition) is 2. The van der Waals surface area contributed by atoms with Crippen molar-refractivity contribution in [1.29, 1.82) is 0 Å². The largest absolute Gasteiger partial charge is 0.505 e. The summed E-state index contributed by atoms with van der Waals surface area (Å²) in [5, 5.41) is 16.4. The summed E-state index contributed by atoms with van der Waals surface area (Å²) in [6.45, 7) is 2.13. The first kappa shape index (κ1) is 19.0. The summed E-state index contributed by atoms with van der Waals surface area (Å²) in [5.41, 5.74) is 0.156. The maximum absolute atomic E-state index is 13.4. The van der Waals surface area contributed by atoms with Gasteiger partial charge >= 0.3 is 0 Å². The van der Waals surface area contributed by atoms with E-state index in [0.29, 0.717) is 15.9 Å². The molecule has 0 spiro atoms. The number of aromatic hydroxyl groups is 1. The third-order valence-electron chi connectivity index (χ3n) is 4.70. The number of thiophene rings is 1. The number of aromatic nitrogens is 2. The average molecular weight is 459 g/mol. The zero-order chi connectivity index (χ0) is 21.0. The lowest BCUT2D eigenvalue weighted by Gasteiger charge is -2.19. The highest BCUT2D eigenvalue weighted by molar-refractivity contribution is 7.90. The Kier molecular flexibility index (Phi) is 4.27.